The summed E-state index contributed by atoms with van der Waals surface area (Å²) in [4.78, 5) is 42.8. The molecule has 0 saturated carbocycles. The van der Waals surface area contributed by atoms with E-state index in [0.717, 1.165) is 48.3 Å². The summed E-state index contributed by atoms with van der Waals surface area (Å²) in [5.41, 5.74) is 5.78. The lowest BCUT2D eigenvalue weighted by Crippen LogP contribution is -2.52. The second-order valence-corrected chi connectivity index (χ2v) is 9.09. The number of imide groups is 1. The van der Waals surface area contributed by atoms with Crippen LogP contribution in [0.25, 0.3) is 11.3 Å². The van der Waals surface area contributed by atoms with Gasteiger partial charge < -0.3 is 10.2 Å². The third kappa shape index (κ3) is 5.15. The maximum absolute atomic E-state index is 12.9. The Morgan fingerprint density at radius 3 is 2.69 bits per heavy atom. The Labute approximate surface area is 204 Å². The summed E-state index contributed by atoms with van der Waals surface area (Å²) >= 11 is 0. The number of piperidine rings is 1. The highest BCUT2D eigenvalue weighted by Gasteiger charge is 2.39. The van der Waals surface area contributed by atoms with Crippen LogP contribution >= 0.6 is 0 Å². The highest BCUT2D eigenvalue weighted by atomic mass is 16.2. The van der Waals surface area contributed by atoms with Crippen LogP contribution in [0.4, 0.5) is 0 Å². The van der Waals surface area contributed by atoms with Gasteiger partial charge in [-0.15, -0.1) is 0 Å². The lowest BCUT2D eigenvalue weighted by molar-refractivity contribution is -0.136. The number of hydrogen-bond acceptors (Lipinski definition) is 5. The number of fused-ring (bicyclic) bond motifs is 1. The van der Waals surface area contributed by atoms with Gasteiger partial charge in [0.1, 0.15) is 6.04 Å². The lowest BCUT2D eigenvalue weighted by atomic mass is 10.0. The number of pyridine rings is 1. The summed E-state index contributed by atoms with van der Waals surface area (Å²) < 4.78 is 0. The molecule has 0 radical (unpaired) electrons. The van der Waals surface area contributed by atoms with Crippen molar-refractivity contribution in [3.8, 4) is 11.3 Å². The van der Waals surface area contributed by atoms with Crippen molar-refractivity contribution in [3.05, 3.63) is 89.1 Å². The third-order valence-electron chi connectivity index (χ3n) is 6.63. The van der Waals surface area contributed by atoms with Crippen molar-refractivity contribution >= 4 is 17.7 Å². The summed E-state index contributed by atoms with van der Waals surface area (Å²) in [6.45, 7) is 2.05. The van der Waals surface area contributed by atoms with Gasteiger partial charge in [0.2, 0.25) is 11.8 Å². The Morgan fingerprint density at radius 1 is 1.00 bits per heavy atom. The summed E-state index contributed by atoms with van der Waals surface area (Å²) in [5, 5.41) is 5.85. The maximum atomic E-state index is 12.9. The third-order valence-corrected chi connectivity index (χ3v) is 6.63. The first-order chi connectivity index (χ1) is 17.1. The standard InChI is InChI=1S/C28H28N4O3/c33-26-11-10-25(27(34)31-26)32-18-22-16-21(8-9-23(22)28(32)35)24-15-20(12-14-30-24)17-29-13-4-7-19-5-2-1-3-6-19/h1-3,5-6,8-9,12,14-16,25,29H,4,7,10-11,13,17-18H2,(H,31,33,34). The van der Waals surface area contributed by atoms with Gasteiger partial charge in [0.05, 0.1) is 5.69 Å². The van der Waals surface area contributed by atoms with Crippen molar-refractivity contribution in [2.45, 2.75) is 44.8 Å². The molecule has 5 rings (SSSR count). The molecule has 1 fully saturated rings. The number of carbonyl (C=O) groups is 3. The summed E-state index contributed by atoms with van der Waals surface area (Å²) in [6, 6.07) is 19.7. The van der Waals surface area contributed by atoms with E-state index in [9.17, 15) is 14.4 Å². The number of nitrogens with one attached hydrogen (secondary N) is 2. The number of hydrogen-bond donors (Lipinski definition) is 2. The number of carbonyl (C=O) groups excluding carboxylic acids is 3. The van der Waals surface area contributed by atoms with Crippen LogP contribution in [0.5, 0.6) is 0 Å². The maximum Gasteiger partial charge on any atom is 0.255 e. The molecule has 1 saturated heterocycles. The lowest BCUT2D eigenvalue weighted by Gasteiger charge is -2.29. The molecule has 3 aromatic rings. The van der Waals surface area contributed by atoms with Gasteiger partial charge in [0.25, 0.3) is 5.91 Å². The van der Waals surface area contributed by atoms with E-state index in [1.165, 1.54) is 5.56 Å². The van der Waals surface area contributed by atoms with E-state index < -0.39 is 11.9 Å². The number of benzene rings is 2. The highest BCUT2D eigenvalue weighted by molar-refractivity contribution is 6.05. The van der Waals surface area contributed by atoms with E-state index in [-0.39, 0.29) is 18.2 Å². The Bertz CT molecular complexity index is 1260. The van der Waals surface area contributed by atoms with Crippen LogP contribution in [0.2, 0.25) is 0 Å². The molecule has 2 aliphatic heterocycles. The molecule has 3 heterocycles. The van der Waals surface area contributed by atoms with E-state index in [1.54, 1.807) is 4.90 Å². The molecule has 0 aliphatic carbocycles. The summed E-state index contributed by atoms with van der Waals surface area (Å²) in [5.74, 6) is -0.843. The van der Waals surface area contributed by atoms with Gasteiger partial charge in [0.15, 0.2) is 0 Å². The van der Waals surface area contributed by atoms with Gasteiger partial charge in [-0.25, -0.2) is 0 Å². The van der Waals surface area contributed by atoms with Crippen LogP contribution in [0, 0.1) is 0 Å². The van der Waals surface area contributed by atoms with E-state index in [1.807, 2.05) is 36.5 Å². The van der Waals surface area contributed by atoms with Crippen molar-refractivity contribution < 1.29 is 14.4 Å². The smallest absolute Gasteiger partial charge is 0.255 e. The largest absolute Gasteiger partial charge is 0.322 e. The molecular formula is C28H28N4O3. The van der Waals surface area contributed by atoms with Crippen molar-refractivity contribution in [1.29, 1.82) is 0 Å². The highest BCUT2D eigenvalue weighted by Crippen LogP contribution is 2.30. The normalized spacial score (nSPS) is 17.4. The molecule has 0 bridgehead atoms. The molecule has 35 heavy (non-hydrogen) atoms. The van der Waals surface area contributed by atoms with Crippen LogP contribution in [0.3, 0.4) is 0 Å². The quantitative estimate of drug-likeness (QED) is 0.391. The minimum Gasteiger partial charge on any atom is -0.322 e. The molecule has 0 spiro atoms. The van der Waals surface area contributed by atoms with Crippen LogP contribution in [-0.4, -0.2) is 40.2 Å². The molecule has 3 amide bonds. The van der Waals surface area contributed by atoms with Gasteiger partial charge >= 0.3 is 0 Å². The Kier molecular flexibility index (Phi) is 6.68. The van der Waals surface area contributed by atoms with Crippen molar-refractivity contribution in [2.24, 2.45) is 0 Å². The summed E-state index contributed by atoms with van der Waals surface area (Å²) in [7, 11) is 0. The topological polar surface area (TPSA) is 91.4 Å². The Morgan fingerprint density at radius 2 is 1.86 bits per heavy atom. The number of aryl methyl sites for hydroxylation is 1. The fourth-order valence-electron chi connectivity index (χ4n) is 4.77. The number of rotatable bonds is 8. The minimum atomic E-state index is -0.606. The second-order valence-electron chi connectivity index (χ2n) is 9.09. The molecule has 1 atom stereocenters. The van der Waals surface area contributed by atoms with Gasteiger partial charge in [0, 0.05) is 36.8 Å². The monoisotopic (exact) mass is 468 g/mol. The predicted octanol–water partition coefficient (Wildman–Crippen LogP) is 3.23. The average molecular weight is 469 g/mol. The molecule has 1 aromatic heterocycles. The van der Waals surface area contributed by atoms with Crippen LogP contribution in [0.1, 0.15) is 46.3 Å². The fraction of sp³-hybridized carbons (Fsp3) is 0.286. The van der Waals surface area contributed by atoms with E-state index in [2.05, 4.69) is 45.9 Å². The van der Waals surface area contributed by atoms with E-state index in [4.69, 9.17) is 0 Å². The van der Waals surface area contributed by atoms with Crippen molar-refractivity contribution in [3.63, 3.8) is 0 Å². The number of amides is 3. The number of nitrogens with zero attached hydrogens (tertiary/aromatic N) is 2. The van der Waals surface area contributed by atoms with Gasteiger partial charge in [-0.3, -0.25) is 24.7 Å². The Hall–Kier alpha value is -3.84. The minimum absolute atomic E-state index is 0.164. The van der Waals surface area contributed by atoms with Gasteiger partial charge in [-0.2, -0.15) is 0 Å². The molecule has 7 nitrogen and oxygen atoms in total. The predicted molar refractivity (Wildman–Crippen MR) is 132 cm³/mol. The zero-order valence-electron chi connectivity index (χ0n) is 19.5. The van der Waals surface area contributed by atoms with E-state index >= 15 is 0 Å². The second kappa shape index (κ2) is 10.2. The molecule has 7 heteroatoms. The van der Waals surface area contributed by atoms with Gasteiger partial charge in [-0.05, 0) is 66.8 Å². The molecular weight excluding hydrogens is 440 g/mol. The van der Waals surface area contributed by atoms with Crippen LogP contribution < -0.4 is 10.6 Å². The number of aromatic nitrogens is 1. The first kappa shape index (κ1) is 22.9. The first-order valence-electron chi connectivity index (χ1n) is 12.1. The summed E-state index contributed by atoms with van der Waals surface area (Å²) in [6.07, 6.45) is 4.55. The van der Waals surface area contributed by atoms with Gasteiger partial charge in [-0.1, -0.05) is 36.4 Å². The van der Waals surface area contributed by atoms with Crippen molar-refractivity contribution in [2.75, 3.05) is 6.54 Å². The van der Waals surface area contributed by atoms with E-state index in [0.29, 0.717) is 18.5 Å². The van der Waals surface area contributed by atoms with Crippen LogP contribution in [0.15, 0.2) is 66.9 Å². The fourth-order valence-corrected chi connectivity index (χ4v) is 4.77. The SMILES string of the molecule is O=C1CCC(N2Cc3cc(-c4cc(CNCCCc5ccccc5)ccn4)ccc3C2=O)C(=O)N1. The molecule has 178 valence electrons. The van der Waals surface area contributed by atoms with Crippen molar-refractivity contribution in [1.82, 2.24) is 20.5 Å². The molecule has 1 unspecified atom stereocenters. The average Bonchev–Trinajstić information content (AvgIpc) is 3.20. The van der Waals surface area contributed by atoms with Crippen LogP contribution in [-0.2, 0) is 29.1 Å². The zero-order chi connectivity index (χ0) is 24.2. The molecule has 2 aromatic carbocycles. The molecule has 2 aliphatic rings. The Balaban J connectivity index is 1.21. The molecule has 2 N–H and O–H groups in total. The first-order valence-corrected chi connectivity index (χ1v) is 12.1. The zero-order valence-corrected chi connectivity index (χ0v) is 19.5.